The Morgan fingerprint density at radius 3 is 2.62 bits per heavy atom. The van der Waals surface area contributed by atoms with Crippen LogP contribution in [0, 0.1) is 22.9 Å². The molecule has 0 amide bonds. The summed E-state index contributed by atoms with van der Waals surface area (Å²) in [4.78, 5) is 6.43. The van der Waals surface area contributed by atoms with E-state index in [1.54, 1.807) is 19.2 Å². The number of aliphatic hydroxyl groups is 2. The third-order valence-corrected chi connectivity index (χ3v) is 7.53. The van der Waals surface area contributed by atoms with Gasteiger partial charge in [0, 0.05) is 42.4 Å². The molecule has 1 aromatic heterocycles. The first kappa shape index (κ1) is 27.4. The minimum Gasteiger partial charge on any atom is -0.497 e. The number of benzene rings is 2. The Bertz CT molecular complexity index is 1240. The molecule has 10 heteroatoms. The van der Waals surface area contributed by atoms with E-state index in [0.717, 1.165) is 11.5 Å². The van der Waals surface area contributed by atoms with Crippen molar-refractivity contribution in [3.63, 3.8) is 0 Å². The van der Waals surface area contributed by atoms with Crippen LogP contribution in [0.15, 0.2) is 36.5 Å². The second kappa shape index (κ2) is 11.9. The lowest BCUT2D eigenvalue weighted by Gasteiger charge is -2.41. The first-order valence-corrected chi connectivity index (χ1v) is 12.5. The molecule has 4 rings (SSSR count). The van der Waals surface area contributed by atoms with Crippen molar-refractivity contribution in [3.8, 4) is 11.5 Å². The van der Waals surface area contributed by atoms with E-state index in [1.807, 2.05) is 6.07 Å². The third-order valence-electron chi connectivity index (χ3n) is 7.23. The number of rotatable bonds is 10. The summed E-state index contributed by atoms with van der Waals surface area (Å²) in [5.41, 5.74) is 0.935. The molecule has 1 fully saturated rings. The van der Waals surface area contributed by atoms with E-state index in [4.69, 9.17) is 21.1 Å². The number of piperidine rings is 1. The summed E-state index contributed by atoms with van der Waals surface area (Å²) in [7, 11) is 1.57. The fourth-order valence-electron chi connectivity index (χ4n) is 4.88. The van der Waals surface area contributed by atoms with Crippen LogP contribution in [-0.4, -0.2) is 60.1 Å². The number of hydrogen-bond donors (Lipinski definition) is 2. The maximum Gasteiger partial charge on any atom is 0.200 e. The number of hydrogen-bond acceptors (Lipinski definition) is 6. The minimum absolute atomic E-state index is 0.0174. The van der Waals surface area contributed by atoms with Gasteiger partial charge >= 0.3 is 0 Å². The van der Waals surface area contributed by atoms with Crippen molar-refractivity contribution < 1.29 is 32.9 Å². The molecule has 2 aromatic carbocycles. The van der Waals surface area contributed by atoms with E-state index in [1.165, 1.54) is 6.20 Å². The van der Waals surface area contributed by atoms with Crippen LogP contribution < -0.4 is 9.47 Å². The fourth-order valence-corrected chi connectivity index (χ4v) is 5.16. The largest absolute Gasteiger partial charge is 0.497 e. The maximum absolute atomic E-state index is 13.8. The molecule has 2 N–H and O–H groups in total. The highest BCUT2D eigenvalue weighted by atomic mass is 35.5. The molecule has 0 saturated carbocycles. The number of aromatic nitrogens is 1. The predicted octanol–water partition coefficient (Wildman–Crippen LogP) is 5.28. The van der Waals surface area contributed by atoms with Gasteiger partial charge in [-0.1, -0.05) is 11.6 Å². The monoisotopic (exact) mass is 538 g/mol. The minimum atomic E-state index is -1.29. The summed E-state index contributed by atoms with van der Waals surface area (Å²) in [5.74, 6) is -3.21. The van der Waals surface area contributed by atoms with Gasteiger partial charge in [0.25, 0.3) is 0 Å². The van der Waals surface area contributed by atoms with Crippen LogP contribution in [0.1, 0.15) is 37.4 Å². The van der Waals surface area contributed by atoms with E-state index in [9.17, 15) is 23.4 Å². The molecule has 2 heterocycles. The number of likely N-dealkylation sites (tertiary alicyclic amines) is 1. The van der Waals surface area contributed by atoms with Gasteiger partial charge in [0.05, 0.1) is 23.8 Å². The molecule has 3 aromatic rings. The Hall–Kier alpha value is -2.59. The van der Waals surface area contributed by atoms with E-state index in [2.05, 4.69) is 9.88 Å². The van der Waals surface area contributed by atoms with Crippen LogP contribution in [0.25, 0.3) is 10.9 Å². The van der Waals surface area contributed by atoms with Gasteiger partial charge in [0.1, 0.15) is 18.2 Å². The maximum atomic E-state index is 13.8. The Kier molecular flexibility index (Phi) is 8.79. The van der Waals surface area contributed by atoms with Crippen molar-refractivity contribution in [2.75, 3.05) is 40.0 Å². The number of fused-ring (bicyclic) bond motifs is 1. The van der Waals surface area contributed by atoms with Crippen molar-refractivity contribution in [1.29, 1.82) is 0 Å². The molecule has 1 aliphatic rings. The van der Waals surface area contributed by atoms with Gasteiger partial charge in [-0.05, 0) is 62.4 Å². The van der Waals surface area contributed by atoms with Gasteiger partial charge < -0.3 is 19.7 Å². The van der Waals surface area contributed by atoms with Crippen molar-refractivity contribution >= 4 is 22.5 Å². The fraction of sp³-hybridized carbons (Fsp3) is 0.444. The topological polar surface area (TPSA) is 75.0 Å². The lowest BCUT2D eigenvalue weighted by molar-refractivity contribution is 0.0204. The van der Waals surface area contributed by atoms with Crippen LogP contribution in [-0.2, 0) is 0 Å². The van der Waals surface area contributed by atoms with Crippen LogP contribution in [0.3, 0.4) is 0 Å². The molecular formula is C27H30ClF3N2O4. The molecule has 1 aliphatic heterocycles. The van der Waals surface area contributed by atoms with Gasteiger partial charge in [0.15, 0.2) is 11.6 Å². The van der Waals surface area contributed by atoms with Crippen LogP contribution in [0.2, 0.25) is 5.02 Å². The molecular weight excluding hydrogens is 509 g/mol. The van der Waals surface area contributed by atoms with E-state index in [0.29, 0.717) is 73.2 Å². The highest BCUT2D eigenvalue weighted by molar-refractivity contribution is 6.32. The van der Waals surface area contributed by atoms with Gasteiger partial charge in [-0.3, -0.25) is 9.88 Å². The molecule has 1 atom stereocenters. The molecule has 200 valence electrons. The van der Waals surface area contributed by atoms with E-state index in [-0.39, 0.29) is 18.6 Å². The normalized spacial score (nSPS) is 16.6. The molecule has 0 aliphatic carbocycles. The standard InChI is InChI=1S/C27H30ClF3N2O4/c1-36-18-2-3-22-19(14-18)25(20(28)15-32-22)23(35)4-5-27(16-34)6-8-33(9-7-27)10-11-37-24-13-17(29)12-21(30)26(24)31/h2-3,12-15,23,34-35H,4-11,16H2,1H3. The first-order chi connectivity index (χ1) is 17.7. The number of nitrogens with zero attached hydrogens (tertiary/aromatic N) is 2. The molecule has 0 spiro atoms. The summed E-state index contributed by atoms with van der Waals surface area (Å²) in [5, 5.41) is 22.4. The number of pyridine rings is 1. The van der Waals surface area contributed by atoms with E-state index >= 15 is 0 Å². The van der Waals surface area contributed by atoms with Crippen LogP contribution in [0.4, 0.5) is 13.2 Å². The Morgan fingerprint density at radius 1 is 1.16 bits per heavy atom. The van der Waals surface area contributed by atoms with Gasteiger partial charge in [0.2, 0.25) is 5.82 Å². The van der Waals surface area contributed by atoms with Gasteiger partial charge in [-0.25, -0.2) is 8.78 Å². The number of aliphatic hydroxyl groups excluding tert-OH is 2. The molecule has 37 heavy (non-hydrogen) atoms. The van der Waals surface area contributed by atoms with Crippen LogP contribution in [0.5, 0.6) is 11.5 Å². The summed E-state index contributed by atoms with van der Waals surface area (Å²) in [6.07, 6.45) is 3.06. The number of methoxy groups -OCH3 is 1. The second-order valence-electron chi connectivity index (χ2n) is 9.51. The average molecular weight is 539 g/mol. The smallest absolute Gasteiger partial charge is 0.200 e. The lowest BCUT2D eigenvalue weighted by atomic mass is 9.74. The van der Waals surface area contributed by atoms with Crippen molar-refractivity contribution in [3.05, 3.63) is 64.6 Å². The average Bonchev–Trinajstić information content (AvgIpc) is 2.90. The molecule has 1 saturated heterocycles. The van der Waals surface area contributed by atoms with Crippen molar-refractivity contribution in [1.82, 2.24) is 9.88 Å². The van der Waals surface area contributed by atoms with Crippen LogP contribution >= 0.6 is 11.6 Å². The molecule has 0 radical (unpaired) electrons. The lowest BCUT2D eigenvalue weighted by Crippen LogP contribution is -2.43. The summed E-state index contributed by atoms with van der Waals surface area (Å²) in [6.45, 7) is 1.83. The SMILES string of the molecule is COc1ccc2ncc(Cl)c(C(O)CCC3(CO)CCN(CCOc4cc(F)cc(F)c4F)CC3)c2c1. The van der Waals surface area contributed by atoms with Crippen molar-refractivity contribution in [2.24, 2.45) is 5.41 Å². The Labute approximate surface area is 218 Å². The predicted molar refractivity (Wildman–Crippen MR) is 135 cm³/mol. The summed E-state index contributed by atoms with van der Waals surface area (Å²) in [6, 6.07) is 6.71. The molecule has 6 nitrogen and oxygen atoms in total. The van der Waals surface area contributed by atoms with Crippen molar-refractivity contribution in [2.45, 2.75) is 31.8 Å². The highest BCUT2D eigenvalue weighted by Gasteiger charge is 2.34. The zero-order valence-electron chi connectivity index (χ0n) is 20.5. The van der Waals surface area contributed by atoms with E-state index < -0.39 is 29.3 Å². The second-order valence-corrected chi connectivity index (χ2v) is 9.91. The third kappa shape index (κ3) is 6.29. The Balaban J connectivity index is 1.33. The summed E-state index contributed by atoms with van der Waals surface area (Å²) >= 11 is 6.43. The summed E-state index contributed by atoms with van der Waals surface area (Å²) < 4.78 is 51.0. The zero-order chi connectivity index (χ0) is 26.6. The molecule has 0 bridgehead atoms. The van der Waals surface area contributed by atoms with Gasteiger partial charge in [-0.2, -0.15) is 4.39 Å². The Morgan fingerprint density at radius 2 is 1.92 bits per heavy atom. The number of halogens is 4. The quantitative estimate of drug-likeness (QED) is 0.342. The van der Waals surface area contributed by atoms with Gasteiger partial charge in [-0.15, -0.1) is 0 Å². The number of ether oxygens (including phenoxy) is 2. The highest BCUT2D eigenvalue weighted by Crippen LogP contribution is 2.40. The molecule has 1 unspecified atom stereocenters. The zero-order valence-corrected chi connectivity index (χ0v) is 21.3. The first-order valence-electron chi connectivity index (χ1n) is 12.2.